The minimum Gasteiger partial charge on any atom is -0.397 e. The van der Waals surface area contributed by atoms with E-state index < -0.39 is 11.3 Å². The summed E-state index contributed by atoms with van der Waals surface area (Å²) in [4.78, 5) is 27.5. The molecule has 1 atom stereocenters. The summed E-state index contributed by atoms with van der Waals surface area (Å²) < 4.78 is 0. The Morgan fingerprint density at radius 2 is 2.28 bits per heavy atom. The van der Waals surface area contributed by atoms with Gasteiger partial charge < -0.3 is 11.1 Å². The molecule has 0 spiro atoms. The summed E-state index contributed by atoms with van der Waals surface area (Å²) in [7, 11) is 0. The maximum absolute atomic E-state index is 11.7. The first-order chi connectivity index (χ1) is 8.54. The summed E-state index contributed by atoms with van der Waals surface area (Å²) in [6.07, 6.45) is 3.13. The highest BCUT2D eigenvalue weighted by Gasteiger charge is 2.17. The van der Waals surface area contributed by atoms with Crippen LogP contribution in [0.25, 0.3) is 0 Å². The van der Waals surface area contributed by atoms with Crippen molar-refractivity contribution in [2.24, 2.45) is 0 Å². The van der Waals surface area contributed by atoms with Gasteiger partial charge in [0.15, 0.2) is 0 Å². The zero-order valence-electron chi connectivity index (χ0n) is 10.3. The summed E-state index contributed by atoms with van der Waals surface area (Å²) in [6, 6.07) is 1.24. The predicted molar refractivity (Wildman–Crippen MR) is 71.2 cm³/mol. The molecule has 18 heavy (non-hydrogen) atoms. The summed E-state index contributed by atoms with van der Waals surface area (Å²) in [5, 5.41) is 4.33. The number of hydrogen-bond acceptors (Lipinski definition) is 5. The molecule has 0 aliphatic heterocycles. The molecule has 0 radical (unpaired) electrons. The fraction of sp³-hybridized carbons (Fsp3) is 0.364. The van der Waals surface area contributed by atoms with Crippen LogP contribution in [0, 0.1) is 0 Å². The van der Waals surface area contributed by atoms with Crippen LogP contribution in [0.1, 0.15) is 13.8 Å². The van der Waals surface area contributed by atoms with Gasteiger partial charge in [0.25, 0.3) is 0 Å². The van der Waals surface area contributed by atoms with Gasteiger partial charge in [0, 0.05) is 17.6 Å². The number of rotatable bonds is 4. The van der Waals surface area contributed by atoms with Gasteiger partial charge in [-0.25, -0.2) is 4.79 Å². The molecular formula is C11H16N4O2S. The minimum atomic E-state index is -0.488. The molecule has 1 aromatic rings. The first kappa shape index (κ1) is 14.3. The van der Waals surface area contributed by atoms with Crippen LogP contribution in [0.3, 0.4) is 0 Å². The van der Waals surface area contributed by atoms with Gasteiger partial charge in [-0.1, -0.05) is 0 Å². The highest BCUT2D eigenvalue weighted by molar-refractivity contribution is 8.00. The Kier molecular flexibility index (Phi) is 5.44. The largest absolute Gasteiger partial charge is 0.397 e. The van der Waals surface area contributed by atoms with E-state index in [4.69, 9.17) is 5.73 Å². The van der Waals surface area contributed by atoms with Crippen molar-refractivity contribution in [2.75, 3.05) is 12.3 Å². The van der Waals surface area contributed by atoms with Gasteiger partial charge in [-0.3, -0.25) is 15.1 Å². The predicted octanol–water partition coefficient (Wildman–Crippen LogP) is 0.990. The first-order valence-electron chi connectivity index (χ1n) is 5.49. The fourth-order valence-corrected chi connectivity index (χ4v) is 2.04. The first-order valence-corrected chi connectivity index (χ1v) is 6.37. The lowest BCUT2D eigenvalue weighted by Crippen LogP contribution is -2.42. The number of carbonyl (C=O) groups is 2. The molecule has 1 rings (SSSR count). The molecular weight excluding hydrogens is 252 g/mol. The molecule has 0 aliphatic carbocycles. The number of carbonyl (C=O) groups excluding carboxylic acids is 2. The van der Waals surface area contributed by atoms with E-state index in [2.05, 4.69) is 15.6 Å². The Balaban J connectivity index is 2.55. The lowest BCUT2D eigenvalue weighted by molar-refractivity contribution is -0.119. The van der Waals surface area contributed by atoms with E-state index in [1.54, 1.807) is 26.1 Å². The number of nitrogen functional groups attached to an aromatic ring is 1. The van der Waals surface area contributed by atoms with Gasteiger partial charge in [-0.15, -0.1) is 11.8 Å². The van der Waals surface area contributed by atoms with Crippen LogP contribution < -0.4 is 16.4 Å². The Morgan fingerprint density at radius 1 is 1.56 bits per heavy atom. The molecule has 0 saturated heterocycles. The number of amides is 3. The normalized spacial score (nSPS) is 11.7. The highest BCUT2D eigenvalue weighted by Crippen LogP contribution is 2.27. The number of imide groups is 1. The maximum atomic E-state index is 11.7. The van der Waals surface area contributed by atoms with Crippen molar-refractivity contribution < 1.29 is 9.59 Å². The van der Waals surface area contributed by atoms with Crippen LogP contribution in [0.2, 0.25) is 0 Å². The molecule has 0 bridgehead atoms. The van der Waals surface area contributed by atoms with E-state index in [0.717, 1.165) is 4.90 Å². The van der Waals surface area contributed by atoms with Crippen molar-refractivity contribution in [2.45, 2.75) is 24.0 Å². The number of nitrogens with one attached hydrogen (secondary N) is 2. The second kappa shape index (κ2) is 6.85. The Labute approximate surface area is 110 Å². The molecule has 0 aromatic carbocycles. The second-order valence-electron chi connectivity index (χ2n) is 3.52. The number of anilines is 1. The van der Waals surface area contributed by atoms with Gasteiger partial charge in [-0.05, 0) is 19.9 Å². The lowest BCUT2D eigenvalue weighted by atomic mass is 10.4. The van der Waals surface area contributed by atoms with Gasteiger partial charge in [0.05, 0.1) is 17.1 Å². The molecule has 6 nitrogen and oxygen atoms in total. The summed E-state index contributed by atoms with van der Waals surface area (Å²) >= 11 is 1.28. The number of pyridine rings is 1. The zero-order chi connectivity index (χ0) is 13.5. The molecule has 1 aromatic heterocycles. The van der Waals surface area contributed by atoms with Crippen molar-refractivity contribution in [3.05, 3.63) is 18.5 Å². The van der Waals surface area contributed by atoms with E-state index in [1.165, 1.54) is 18.0 Å². The summed E-state index contributed by atoms with van der Waals surface area (Å²) in [5.74, 6) is -0.359. The molecule has 1 heterocycles. The Hall–Kier alpha value is -1.76. The third kappa shape index (κ3) is 4.25. The van der Waals surface area contributed by atoms with Crippen molar-refractivity contribution in [1.82, 2.24) is 15.6 Å². The monoisotopic (exact) mass is 268 g/mol. The molecule has 0 saturated carbocycles. The Bertz CT molecular complexity index is 439. The van der Waals surface area contributed by atoms with Gasteiger partial charge >= 0.3 is 6.03 Å². The minimum absolute atomic E-state index is 0.359. The number of aromatic nitrogens is 1. The molecule has 1 unspecified atom stereocenters. The van der Waals surface area contributed by atoms with Crippen LogP contribution in [-0.4, -0.2) is 28.7 Å². The number of thioether (sulfide) groups is 1. The third-order valence-corrected chi connectivity index (χ3v) is 3.25. The van der Waals surface area contributed by atoms with E-state index in [9.17, 15) is 9.59 Å². The van der Waals surface area contributed by atoms with Gasteiger partial charge in [-0.2, -0.15) is 0 Å². The Morgan fingerprint density at radius 3 is 2.89 bits per heavy atom. The molecule has 98 valence electrons. The lowest BCUT2D eigenvalue weighted by Gasteiger charge is -2.12. The average molecular weight is 268 g/mol. The van der Waals surface area contributed by atoms with Crippen LogP contribution in [0.4, 0.5) is 10.5 Å². The maximum Gasteiger partial charge on any atom is 0.321 e. The van der Waals surface area contributed by atoms with E-state index in [-0.39, 0.29) is 5.91 Å². The van der Waals surface area contributed by atoms with Gasteiger partial charge in [0.1, 0.15) is 0 Å². The number of nitrogens with zero attached hydrogens (tertiary/aromatic N) is 1. The van der Waals surface area contributed by atoms with Gasteiger partial charge in [0.2, 0.25) is 5.91 Å². The molecule has 0 fully saturated rings. The van der Waals surface area contributed by atoms with Crippen molar-refractivity contribution in [1.29, 1.82) is 0 Å². The topological polar surface area (TPSA) is 97.1 Å². The summed E-state index contributed by atoms with van der Waals surface area (Å²) in [6.45, 7) is 3.96. The number of hydrogen-bond donors (Lipinski definition) is 3. The fourth-order valence-electron chi connectivity index (χ4n) is 1.16. The molecule has 0 aliphatic rings. The SMILES string of the molecule is CCNC(=O)NC(=O)C(C)Sc1ccncc1N. The van der Waals surface area contributed by atoms with Crippen molar-refractivity contribution in [3.8, 4) is 0 Å². The number of urea groups is 1. The number of nitrogens with two attached hydrogens (primary N) is 1. The second-order valence-corrected chi connectivity index (χ2v) is 4.90. The molecule has 4 N–H and O–H groups in total. The highest BCUT2D eigenvalue weighted by atomic mass is 32.2. The summed E-state index contributed by atoms with van der Waals surface area (Å²) in [5.41, 5.74) is 6.24. The van der Waals surface area contributed by atoms with Crippen LogP contribution >= 0.6 is 11.8 Å². The smallest absolute Gasteiger partial charge is 0.321 e. The van der Waals surface area contributed by atoms with E-state index in [0.29, 0.717) is 12.2 Å². The van der Waals surface area contributed by atoms with Crippen molar-refractivity contribution in [3.63, 3.8) is 0 Å². The molecule has 3 amide bonds. The van der Waals surface area contributed by atoms with E-state index in [1.807, 2.05) is 0 Å². The average Bonchev–Trinajstić information content (AvgIpc) is 2.32. The quantitative estimate of drug-likeness (QED) is 0.707. The third-order valence-electron chi connectivity index (χ3n) is 2.06. The standard InChI is InChI=1S/C11H16N4O2S/c1-3-14-11(17)15-10(16)7(2)18-9-4-5-13-6-8(9)12/h4-7H,3,12H2,1-2H3,(H2,14,15,16,17). The molecule has 7 heteroatoms. The zero-order valence-corrected chi connectivity index (χ0v) is 11.1. The van der Waals surface area contributed by atoms with Crippen molar-refractivity contribution >= 4 is 29.4 Å². The van der Waals surface area contributed by atoms with E-state index >= 15 is 0 Å². The van der Waals surface area contributed by atoms with Crippen LogP contribution in [-0.2, 0) is 4.79 Å². The van der Waals surface area contributed by atoms with Crippen LogP contribution in [0.15, 0.2) is 23.4 Å². The van der Waals surface area contributed by atoms with Crippen LogP contribution in [0.5, 0.6) is 0 Å².